The van der Waals surface area contributed by atoms with Crippen LogP contribution in [0.2, 0.25) is 0 Å². The zero-order valence-corrected chi connectivity index (χ0v) is 13.0. The van der Waals surface area contributed by atoms with Gasteiger partial charge in [-0.1, -0.05) is 25.7 Å². The van der Waals surface area contributed by atoms with Crippen LogP contribution < -0.4 is 0 Å². The molecule has 1 aromatic heterocycles. The van der Waals surface area contributed by atoms with Crippen molar-refractivity contribution in [3.63, 3.8) is 0 Å². The molecule has 0 aliphatic heterocycles. The van der Waals surface area contributed by atoms with Gasteiger partial charge in [0.15, 0.2) is 0 Å². The van der Waals surface area contributed by atoms with E-state index >= 15 is 0 Å². The number of rotatable bonds is 7. The summed E-state index contributed by atoms with van der Waals surface area (Å²) >= 11 is 1.71. The average molecular weight is 290 g/mol. The summed E-state index contributed by atoms with van der Waals surface area (Å²) in [5.41, 5.74) is 1.02. The number of nitrogens with zero attached hydrogens (tertiary/aromatic N) is 2. The van der Waals surface area contributed by atoms with Gasteiger partial charge >= 0.3 is 0 Å². The van der Waals surface area contributed by atoms with Gasteiger partial charge in [0.25, 0.3) is 0 Å². The van der Waals surface area contributed by atoms with Crippen molar-refractivity contribution >= 4 is 11.3 Å². The standard InChI is InChI=1S/C16H22N2OS/c1-14(2)11-18(8-5-7-17)12-16-10-15(13-20-16)6-3-4-9-19/h10,13-14,19H,4-5,8-9,11-12H2,1-2H3. The molecule has 20 heavy (non-hydrogen) atoms. The largest absolute Gasteiger partial charge is 0.395 e. The van der Waals surface area contributed by atoms with Crippen molar-refractivity contribution in [3.05, 3.63) is 21.9 Å². The van der Waals surface area contributed by atoms with Crippen LogP contribution in [-0.4, -0.2) is 29.7 Å². The van der Waals surface area contributed by atoms with Crippen LogP contribution in [0.4, 0.5) is 0 Å². The molecular weight excluding hydrogens is 268 g/mol. The van der Waals surface area contributed by atoms with Crippen LogP contribution >= 0.6 is 11.3 Å². The second-order valence-electron chi connectivity index (χ2n) is 5.11. The molecule has 0 unspecified atom stereocenters. The van der Waals surface area contributed by atoms with Gasteiger partial charge in [0.1, 0.15) is 0 Å². The summed E-state index contributed by atoms with van der Waals surface area (Å²) < 4.78 is 0. The SMILES string of the molecule is CC(C)CN(CCC#N)Cc1cc(C#CCCO)cs1. The minimum absolute atomic E-state index is 0.111. The average Bonchev–Trinajstić information content (AvgIpc) is 2.83. The molecule has 0 aromatic carbocycles. The van der Waals surface area contributed by atoms with Crippen LogP contribution in [0.5, 0.6) is 0 Å². The smallest absolute Gasteiger partial charge is 0.0635 e. The zero-order chi connectivity index (χ0) is 14.8. The highest BCUT2D eigenvalue weighted by Gasteiger charge is 2.09. The summed E-state index contributed by atoms with van der Waals surface area (Å²) in [6, 6.07) is 4.32. The van der Waals surface area contributed by atoms with Crippen LogP contribution in [0, 0.1) is 29.1 Å². The zero-order valence-electron chi connectivity index (χ0n) is 12.2. The Bertz CT molecular complexity index is 491. The molecule has 0 aliphatic rings. The van der Waals surface area contributed by atoms with Gasteiger partial charge in [0, 0.05) is 48.3 Å². The molecule has 0 saturated carbocycles. The van der Waals surface area contributed by atoms with Gasteiger partial charge < -0.3 is 5.11 Å². The highest BCUT2D eigenvalue weighted by Crippen LogP contribution is 2.17. The van der Waals surface area contributed by atoms with Gasteiger partial charge in [-0.05, 0) is 12.0 Å². The first-order chi connectivity index (χ1) is 9.65. The molecular formula is C16H22N2OS. The summed E-state index contributed by atoms with van der Waals surface area (Å²) in [7, 11) is 0. The van der Waals surface area contributed by atoms with E-state index < -0.39 is 0 Å². The third kappa shape index (κ3) is 6.73. The van der Waals surface area contributed by atoms with Crippen LogP contribution in [-0.2, 0) is 6.54 Å². The van der Waals surface area contributed by atoms with E-state index in [1.54, 1.807) is 11.3 Å². The third-order valence-electron chi connectivity index (χ3n) is 2.67. The molecule has 0 aliphatic carbocycles. The second kappa shape index (κ2) is 9.55. The van der Waals surface area contributed by atoms with E-state index in [1.165, 1.54) is 4.88 Å². The normalized spacial score (nSPS) is 10.4. The van der Waals surface area contributed by atoms with Gasteiger partial charge in [-0.15, -0.1) is 11.3 Å². The molecule has 1 rings (SSSR count). The van der Waals surface area contributed by atoms with E-state index in [9.17, 15) is 0 Å². The van der Waals surface area contributed by atoms with E-state index in [0.29, 0.717) is 18.8 Å². The number of aliphatic hydroxyl groups excluding tert-OH is 1. The lowest BCUT2D eigenvalue weighted by Crippen LogP contribution is -2.27. The molecule has 0 atom stereocenters. The quantitative estimate of drug-likeness (QED) is 0.786. The summed E-state index contributed by atoms with van der Waals surface area (Å²) in [4.78, 5) is 3.60. The Morgan fingerprint density at radius 1 is 1.40 bits per heavy atom. The van der Waals surface area contributed by atoms with Crippen molar-refractivity contribution in [2.45, 2.75) is 33.2 Å². The minimum atomic E-state index is 0.111. The fraction of sp³-hybridized carbons (Fsp3) is 0.562. The number of hydrogen-bond acceptors (Lipinski definition) is 4. The Kier molecular flexibility index (Phi) is 7.99. The first-order valence-corrected chi connectivity index (χ1v) is 7.80. The molecule has 1 heterocycles. The minimum Gasteiger partial charge on any atom is -0.395 e. The van der Waals surface area contributed by atoms with Crippen LogP contribution in [0.1, 0.15) is 37.1 Å². The second-order valence-corrected chi connectivity index (χ2v) is 6.11. The maximum atomic E-state index is 8.73. The number of hydrogen-bond donors (Lipinski definition) is 1. The third-order valence-corrected chi connectivity index (χ3v) is 3.59. The lowest BCUT2D eigenvalue weighted by molar-refractivity contribution is 0.243. The van der Waals surface area contributed by atoms with E-state index in [2.05, 4.69) is 48.1 Å². The predicted molar refractivity (Wildman–Crippen MR) is 83.2 cm³/mol. The lowest BCUT2D eigenvalue weighted by atomic mass is 10.2. The molecule has 0 radical (unpaired) electrons. The number of nitriles is 1. The van der Waals surface area contributed by atoms with Crippen LogP contribution in [0.3, 0.4) is 0 Å². The molecule has 0 fully saturated rings. The van der Waals surface area contributed by atoms with E-state index in [-0.39, 0.29) is 6.61 Å². The Hall–Kier alpha value is -1.33. The summed E-state index contributed by atoms with van der Waals surface area (Å²) in [5.74, 6) is 6.58. The van der Waals surface area contributed by atoms with E-state index in [0.717, 1.165) is 25.2 Å². The topological polar surface area (TPSA) is 47.3 Å². The monoisotopic (exact) mass is 290 g/mol. The van der Waals surface area contributed by atoms with Crippen molar-refractivity contribution in [2.75, 3.05) is 19.7 Å². The van der Waals surface area contributed by atoms with Crippen LogP contribution in [0.25, 0.3) is 0 Å². The Labute approximate surface area is 125 Å². The molecule has 3 nitrogen and oxygen atoms in total. The van der Waals surface area contributed by atoms with E-state index in [4.69, 9.17) is 10.4 Å². The Balaban J connectivity index is 2.60. The molecule has 1 N–H and O–H groups in total. The van der Waals surface area contributed by atoms with Crippen molar-refractivity contribution < 1.29 is 5.11 Å². The van der Waals surface area contributed by atoms with Crippen molar-refractivity contribution in [1.82, 2.24) is 4.90 Å². The van der Waals surface area contributed by atoms with E-state index in [1.807, 2.05) is 0 Å². The highest BCUT2D eigenvalue weighted by atomic mass is 32.1. The maximum absolute atomic E-state index is 8.73. The van der Waals surface area contributed by atoms with Gasteiger partial charge in [0.2, 0.25) is 0 Å². The number of aliphatic hydroxyl groups is 1. The Morgan fingerprint density at radius 2 is 2.20 bits per heavy atom. The molecule has 4 heteroatoms. The maximum Gasteiger partial charge on any atom is 0.0635 e. The lowest BCUT2D eigenvalue weighted by Gasteiger charge is -2.22. The fourth-order valence-corrected chi connectivity index (χ4v) is 2.79. The van der Waals surface area contributed by atoms with Crippen molar-refractivity contribution in [3.8, 4) is 17.9 Å². The van der Waals surface area contributed by atoms with Gasteiger partial charge in [-0.25, -0.2) is 0 Å². The fourth-order valence-electron chi connectivity index (χ4n) is 1.93. The molecule has 0 amide bonds. The van der Waals surface area contributed by atoms with Gasteiger partial charge in [0.05, 0.1) is 12.7 Å². The molecule has 1 aromatic rings. The Morgan fingerprint density at radius 3 is 2.85 bits per heavy atom. The highest BCUT2D eigenvalue weighted by molar-refractivity contribution is 7.10. The summed E-state index contributed by atoms with van der Waals surface area (Å²) in [6.07, 6.45) is 1.09. The van der Waals surface area contributed by atoms with Gasteiger partial charge in [-0.2, -0.15) is 5.26 Å². The van der Waals surface area contributed by atoms with Gasteiger partial charge in [-0.3, -0.25) is 4.90 Å². The summed E-state index contributed by atoms with van der Waals surface area (Å²) in [6.45, 7) is 7.20. The molecule has 108 valence electrons. The molecule has 0 bridgehead atoms. The van der Waals surface area contributed by atoms with Crippen molar-refractivity contribution in [1.29, 1.82) is 5.26 Å². The summed E-state index contributed by atoms with van der Waals surface area (Å²) in [5, 5.41) is 19.5. The van der Waals surface area contributed by atoms with Crippen LogP contribution in [0.15, 0.2) is 11.4 Å². The van der Waals surface area contributed by atoms with Crippen molar-refractivity contribution in [2.24, 2.45) is 5.92 Å². The number of thiophene rings is 1. The first-order valence-electron chi connectivity index (χ1n) is 6.92. The first kappa shape index (κ1) is 16.7. The predicted octanol–water partition coefficient (Wildman–Crippen LogP) is 2.85. The molecule has 0 saturated heterocycles. The molecule has 0 spiro atoms.